The van der Waals surface area contributed by atoms with Gasteiger partial charge in [0.2, 0.25) is 0 Å². The largest absolute Gasteiger partial charge is 0.368 e. The first-order valence-electron chi connectivity index (χ1n) is 4.88. The zero-order valence-corrected chi connectivity index (χ0v) is 10.5. The predicted molar refractivity (Wildman–Crippen MR) is 73.2 cm³/mol. The SMILES string of the molecule is C=C1C=NC(=O)N=C1SCc1cccc(Cl)c1. The highest BCUT2D eigenvalue weighted by Crippen LogP contribution is 2.21. The van der Waals surface area contributed by atoms with Gasteiger partial charge < -0.3 is 0 Å². The molecule has 0 spiro atoms. The van der Waals surface area contributed by atoms with Gasteiger partial charge in [-0.15, -0.1) is 11.8 Å². The molecule has 0 fully saturated rings. The van der Waals surface area contributed by atoms with Crippen LogP contribution in [0.5, 0.6) is 0 Å². The third-order valence-electron chi connectivity index (χ3n) is 2.07. The number of hydrogen-bond donors (Lipinski definition) is 0. The van der Waals surface area contributed by atoms with E-state index >= 15 is 0 Å². The Morgan fingerprint density at radius 1 is 1.41 bits per heavy atom. The molecule has 0 radical (unpaired) electrons. The molecule has 1 aliphatic heterocycles. The molecule has 0 unspecified atom stereocenters. The van der Waals surface area contributed by atoms with Gasteiger partial charge in [-0.3, -0.25) is 0 Å². The number of thioether (sulfide) groups is 1. The quantitative estimate of drug-likeness (QED) is 0.817. The Kier molecular flexibility index (Phi) is 3.76. The molecule has 0 aliphatic carbocycles. The Morgan fingerprint density at radius 3 is 3.00 bits per heavy atom. The monoisotopic (exact) mass is 264 g/mol. The Hall–Kier alpha value is -1.39. The highest BCUT2D eigenvalue weighted by molar-refractivity contribution is 8.13. The van der Waals surface area contributed by atoms with Gasteiger partial charge in [0, 0.05) is 22.6 Å². The minimum Gasteiger partial charge on any atom is -0.244 e. The van der Waals surface area contributed by atoms with Gasteiger partial charge >= 0.3 is 6.03 Å². The van der Waals surface area contributed by atoms with Crippen LogP contribution in [0.1, 0.15) is 5.56 Å². The molecule has 1 heterocycles. The van der Waals surface area contributed by atoms with Crippen LogP contribution in [0.25, 0.3) is 0 Å². The molecule has 1 aromatic carbocycles. The number of nitrogens with zero attached hydrogens (tertiary/aromatic N) is 2. The fourth-order valence-electron chi connectivity index (χ4n) is 1.28. The molecule has 0 N–H and O–H groups in total. The first kappa shape index (κ1) is 12.1. The van der Waals surface area contributed by atoms with Gasteiger partial charge in [0.15, 0.2) is 0 Å². The zero-order chi connectivity index (χ0) is 12.3. The van der Waals surface area contributed by atoms with E-state index in [1.54, 1.807) is 0 Å². The number of halogens is 1. The van der Waals surface area contributed by atoms with Crippen molar-refractivity contribution >= 4 is 40.7 Å². The van der Waals surface area contributed by atoms with Crippen molar-refractivity contribution in [3.63, 3.8) is 0 Å². The van der Waals surface area contributed by atoms with E-state index < -0.39 is 6.03 Å². The fourth-order valence-corrected chi connectivity index (χ4v) is 2.36. The highest BCUT2D eigenvalue weighted by Gasteiger charge is 2.11. The van der Waals surface area contributed by atoms with E-state index in [0.29, 0.717) is 21.4 Å². The molecule has 0 atom stereocenters. The summed E-state index contributed by atoms with van der Waals surface area (Å²) in [6.45, 7) is 3.78. The van der Waals surface area contributed by atoms with Crippen LogP contribution in [-0.4, -0.2) is 17.3 Å². The van der Waals surface area contributed by atoms with Crippen molar-refractivity contribution in [1.29, 1.82) is 0 Å². The second-order valence-electron chi connectivity index (χ2n) is 3.40. The van der Waals surface area contributed by atoms with Gasteiger partial charge in [0.25, 0.3) is 0 Å². The summed E-state index contributed by atoms with van der Waals surface area (Å²) in [5.74, 6) is 0.694. The molecule has 86 valence electrons. The maximum atomic E-state index is 11.0. The molecule has 2 amide bonds. The number of aliphatic imine (C=N–C) groups is 2. The first-order valence-corrected chi connectivity index (χ1v) is 6.25. The van der Waals surface area contributed by atoms with Gasteiger partial charge in [-0.1, -0.05) is 30.3 Å². The summed E-state index contributed by atoms with van der Waals surface area (Å²) in [5, 5.41) is 1.31. The molecule has 0 saturated carbocycles. The summed E-state index contributed by atoms with van der Waals surface area (Å²) in [6, 6.07) is 7.09. The Morgan fingerprint density at radius 2 is 2.24 bits per heavy atom. The topological polar surface area (TPSA) is 41.8 Å². The molecule has 17 heavy (non-hydrogen) atoms. The summed E-state index contributed by atoms with van der Waals surface area (Å²) >= 11 is 7.34. The van der Waals surface area contributed by atoms with E-state index in [1.807, 2.05) is 24.3 Å². The van der Waals surface area contributed by atoms with Crippen molar-refractivity contribution in [3.8, 4) is 0 Å². The standard InChI is InChI=1S/C12H9ClN2OS/c1-8-6-14-12(16)15-11(8)17-7-9-3-2-4-10(13)5-9/h2-6H,1,7H2. The maximum Gasteiger partial charge on any atom is 0.368 e. The average Bonchev–Trinajstić information content (AvgIpc) is 2.30. The predicted octanol–water partition coefficient (Wildman–Crippen LogP) is 3.73. The summed E-state index contributed by atoms with van der Waals surface area (Å²) < 4.78 is 0. The van der Waals surface area contributed by atoms with Crippen molar-refractivity contribution in [2.24, 2.45) is 9.98 Å². The van der Waals surface area contributed by atoms with Gasteiger partial charge in [-0.25, -0.2) is 4.79 Å². The summed E-state index contributed by atoms with van der Waals surface area (Å²) in [4.78, 5) is 18.4. The molecule has 1 aliphatic rings. The molecule has 1 aromatic rings. The highest BCUT2D eigenvalue weighted by atomic mass is 35.5. The van der Waals surface area contributed by atoms with Crippen LogP contribution in [0.2, 0.25) is 5.02 Å². The van der Waals surface area contributed by atoms with Crippen molar-refractivity contribution in [1.82, 2.24) is 0 Å². The number of urea groups is 1. The van der Waals surface area contributed by atoms with E-state index in [1.165, 1.54) is 18.0 Å². The van der Waals surface area contributed by atoms with Crippen LogP contribution in [0.4, 0.5) is 4.79 Å². The van der Waals surface area contributed by atoms with Crippen LogP contribution in [0, 0.1) is 0 Å². The molecule has 3 nitrogen and oxygen atoms in total. The smallest absolute Gasteiger partial charge is 0.244 e. The summed E-state index contributed by atoms with van der Waals surface area (Å²) in [6.07, 6.45) is 1.44. The van der Waals surface area contributed by atoms with Crippen molar-refractivity contribution < 1.29 is 4.79 Å². The van der Waals surface area contributed by atoms with Crippen LogP contribution in [0.3, 0.4) is 0 Å². The third kappa shape index (κ3) is 3.28. The van der Waals surface area contributed by atoms with Crippen molar-refractivity contribution in [3.05, 3.63) is 47.0 Å². The molecular formula is C12H9ClN2OS. The number of benzene rings is 1. The van der Waals surface area contributed by atoms with E-state index in [0.717, 1.165) is 5.56 Å². The maximum absolute atomic E-state index is 11.0. The number of rotatable bonds is 2. The molecule has 0 bridgehead atoms. The Labute approximate surface area is 108 Å². The second kappa shape index (κ2) is 5.29. The number of carbonyl (C=O) groups excluding carboxylic acids is 1. The lowest BCUT2D eigenvalue weighted by atomic mass is 10.2. The normalized spacial score (nSPS) is 15.0. The average molecular weight is 265 g/mol. The molecular weight excluding hydrogens is 256 g/mol. The fraction of sp³-hybridized carbons (Fsp3) is 0.0833. The lowest BCUT2D eigenvalue weighted by Crippen LogP contribution is -2.07. The van der Waals surface area contributed by atoms with Gasteiger partial charge in [-0.05, 0) is 17.7 Å². The minimum absolute atomic E-state index is 0.481. The lowest BCUT2D eigenvalue weighted by molar-refractivity contribution is 0.257. The second-order valence-corrected chi connectivity index (χ2v) is 4.80. The summed E-state index contributed by atoms with van der Waals surface area (Å²) in [5.41, 5.74) is 1.74. The Balaban J connectivity index is 2.03. The first-order chi connectivity index (χ1) is 8.15. The molecule has 2 rings (SSSR count). The number of carbonyl (C=O) groups is 1. The van der Waals surface area contributed by atoms with Crippen LogP contribution in [0.15, 0.2) is 46.4 Å². The van der Waals surface area contributed by atoms with E-state index in [2.05, 4.69) is 16.6 Å². The van der Waals surface area contributed by atoms with E-state index in [9.17, 15) is 4.79 Å². The zero-order valence-electron chi connectivity index (χ0n) is 8.89. The van der Waals surface area contributed by atoms with Crippen LogP contribution < -0.4 is 0 Å². The van der Waals surface area contributed by atoms with E-state index in [4.69, 9.17) is 11.6 Å². The van der Waals surface area contributed by atoms with Crippen LogP contribution >= 0.6 is 23.4 Å². The Bertz CT molecular complexity index is 537. The van der Waals surface area contributed by atoms with E-state index in [-0.39, 0.29) is 0 Å². The molecule has 5 heteroatoms. The van der Waals surface area contributed by atoms with Gasteiger partial charge in [0.1, 0.15) is 5.04 Å². The molecule has 0 aromatic heterocycles. The third-order valence-corrected chi connectivity index (χ3v) is 3.41. The number of amides is 2. The molecule has 0 saturated heterocycles. The lowest BCUT2D eigenvalue weighted by Gasteiger charge is -2.07. The summed E-state index contributed by atoms with van der Waals surface area (Å²) in [7, 11) is 0. The minimum atomic E-state index is -0.481. The van der Waals surface area contributed by atoms with Crippen molar-refractivity contribution in [2.45, 2.75) is 5.75 Å². The van der Waals surface area contributed by atoms with Gasteiger partial charge in [-0.2, -0.15) is 9.98 Å². The van der Waals surface area contributed by atoms with Crippen LogP contribution in [-0.2, 0) is 5.75 Å². The van der Waals surface area contributed by atoms with Crippen molar-refractivity contribution in [2.75, 3.05) is 0 Å². The number of hydrogen-bond acceptors (Lipinski definition) is 2. The van der Waals surface area contributed by atoms with Gasteiger partial charge in [0.05, 0.1) is 0 Å².